The molecule has 3 N–H and O–H groups in total. The third-order valence-electron chi connectivity index (χ3n) is 3.81. The zero-order chi connectivity index (χ0) is 14.5. The van der Waals surface area contributed by atoms with Crippen LogP contribution in [0, 0.1) is 0 Å². The second-order valence-corrected chi connectivity index (χ2v) is 4.58. The average Bonchev–Trinajstić information content (AvgIpc) is 2.46. The fraction of sp³-hybridized carbons (Fsp3) is 0.571. The Labute approximate surface area is 114 Å². The summed E-state index contributed by atoms with van der Waals surface area (Å²) in [6, 6.07) is 1.57. The molecule has 0 spiro atoms. The molecule has 0 saturated carbocycles. The van der Waals surface area contributed by atoms with Gasteiger partial charge in [0, 0.05) is 11.7 Å². The van der Waals surface area contributed by atoms with Gasteiger partial charge >= 0.3 is 5.97 Å². The quantitative estimate of drug-likeness (QED) is 0.773. The predicted octanol–water partition coefficient (Wildman–Crippen LogP) is 2.83. The molecular weight excluding hydrogens is 242 g/mol. The number of rotatable bonds is 6. The van der Waals surface area contributed by atoms with Crippen LogP contribution in [-0.4, -0.2) is 23.6 Å². The van der Waals surface area contributed by atoms with Gasteiger partial charge < -0.3 is 15.8 Å². The highest BCUT2D eigenvalue weighted by Crippen LogP contribution is 2.29. The van der Waals surface area contributed by atoms with Crippen LogP contribution in [-0.2, 0) is 4.74 Å². The highest BCUT2D eigenvalue weighted by atomic mass is 16.5. The molecule has 1 aromatic heterocycles. The number of esters is 1. The van der Waals surface area contributed by atoms with Gasteiger partial charge in [0.15, 0.2) is 0 Å². The molecule has 0 amide bonds. The van der Waals surface area contributed by atoms with Gasteiger partial charge in [-0.1, -0.05) is 20.8 Å². The number of nitrogens with two attached hydrogens (primary N) is 1. The van der Waals surface area contributed by atoms with E-state index in [-0.39, 0.29) is 5.54 Å². The minimum atomic E-state index is -0.446. The summed E-state index contributed by atoms with van der Waals surface area (Å²) in [6.07, 6.45) is 4.45. The fourth-order valence-electron chi connectivity index (χ4n) is 2.13. The number of nitrogens with one attached hydrogen (secondary N) is 1. The molecule has 1 heterocycles. The molecule has 5 heteroatoms. The first-order chi connectivity index (χ1) is 9.03. The van der Waals surface area contributed by atoms with Crippen molar-refractivity contribution in [1.82, 2.24) is 4.98 Å². The number of methoxy groups -OCH3 is 1. The van der Waals surface area contributed by atoms with Gasteiger partial charge in [-0.05, 0) is 25.3 Å². The first-order valence-electron chi connectivity index (χ1n) is 6.64. The van der Waals surface area contributed by atoms with Crippen molar-refractivity contribution in [2.45, 2.75) is 45.6 Å². The fourth-order valence-corrected chi connectivity index (χ4v) is 2.13. The molecule has 5 nitrogen and oxygen atoms in total. The number of carbonyl (C=O) groups excluding carboxylic acids is 1. The summed E-state index contributed by atoms with van der Waals surface area (Å²) >= 11 is 0. The first-order valence-corrected chi connectivity index (χ1v) is 6.64. The van der Waals surface area contributed by atoms with E-state index in [0.29, 0.717) is 17.1 Å². The Bertz CT molecular complexity index is 434. The van der Waals surface area contributed by atoms with E-state index in [1.807, 2.05) is 0 Å². The maximum absolute atomic E-state index is 11.6. The Kier molecular flexibility index (Phi) is 5.15. The maximum Gasteiger partial charge on any atom is 0.340 e. The third-order valence-corrected chi connectivity index (χ3v) is 3.81. The molecule has 0 aliphatic carbocycles. The summed E-state index contributed by atoms with van der Waals surface area (Å²) < 4.78 is 4.71. The Hall–Kier alpha value is -1.78. The number of hydrogen-bond donors (Lipinski definition) is 2. The molecule has 1 rings (SSSR count). The molecule has 0 fully saturated rings. The van der Waals surface area contributed by atoms with Crippen molar-refractivity contribution < 1.29 is 9.53 Å². The normalized spacial score (nSPS) is 11.2. The SMILES string of the molecule is CCC(CC)(CC)Nc1nccc(C(=O)OC)c1N. The Morgan fingerprint density at radius 1 is 1.37 bits per heavy atom. The summed E-state index contributed by atoms with van der Waals surface area (Å²) in [6.45, 7) is 6.38. The average molecular weight is 265 g/mol. The van der Waals surface area contributed by atoms with Crippen LogP contribution >= 0.6 is 0 Å². The van der Waals surface area contributed by atoms with E-state index in [1.165, 1.54) is 7.11 Å². The minimum absolute atomic E-state index is 0.0458. The van der Waals surface area contributed by atoms with E-state index >= 15 is 0 Å². The highest BCUT2D eigenvalue weighted by Gasteiger charge is 2.25. The maximum atomic E-state index is 11.6. The van der Waals surface area contributed by atoms with Crippen molar-refractivity contribution in [3.63, 3.8) is 0 Å². The lowest BCUT2D eigenvalue weighted by molar-refractivity contribution is 0.0602. The van der Waals surface area contributed by atoms with E-state index < -0.39 is 5.97 Å². The number of ether oxygens (including phenoxy) is 1. The minimum Gasteiger partial charge on any atom is -0.465 e. The van der Waals surface area contributed by atoms with Crippen LogP contribution in [0.2, 0.25) is 0 Å². The number of anilines is 2. The lowest BCUT2D eigenvalue weighted by Crippen LogP contribution is -2.37. The van der Waals surface area contributed by atoms with Crippen molar-refractivity contribution in [2.24, 2.45) is 0 Å². The molecule has 0 aromatic carbocycles. The lowest BCUT2D eigenvalue weighted by atomic mass is 9.89. The number of carbonyl (C=O) groups is 1. The van der Waals surface area contributed by atoms with Crippen LogP contribution in [0.4, 0.5) is 11.5 Å². The number of pyridine rings is 1. The Morgan fingerprint density at radius 3 is 2.42 bits per heavy atom. The molecule has 0 aliphatic rings. The zero-order valence-corrected chi connectivity index (χ0v) is 12.1. The lowest BCUT2D eigenvalue weighted by Gasteiger charge is -2.33. The van der Waals surface area contributed by atoms with Crippen LogP contribution in [0.15, 0.2) is 12.3 Å². The standard InChI is InChI=1S/C14H23N3O2/c1-5-14(6-2,7-3)17-12-11(15)10(8-9-16-12)13(18)19-4/h8-9H,5-7,15H2,1-4H3,(H,16,17). The topological polar surface area (TPSA) is 77.2 Å². The monoisotopic (exact) mass is 265 g/mol. The molecule has 19 heavy (non-hydrogen) atoms. The number of nitrogens with zero attached hydrogens (tertiary/aromatic N) is 1. The molecule has 1 aromatic rings. The van der Waals surface area contributed by atoms with Gasteiger partial charge in [-0.15, -0.1) is 0 Å². The second-order valence-electron chi connectivity index (χ2n) is 4.58. The smallest absolute Gasteiger partial charge is 0.340 e. The Balaban J connectivity index is 3.12. The summed E-state index contributed by atoms with van der Waals surface area (Å²) in [7, 11) is 1.34. The van der Waals surface area contributed by atoms with Crippen LogP contribution in [0.1, 0.15) is 50.4 Å². The van der Waals surface area contributed by atoms with Gasteiger partial charge in [-0.3, -0.25) is 0 Å². The van der Waals surface area contributed by atoms with Gasteiger partial charge in [0.2, 0.25) is 0 Å². The van der Waals surface area contributed by atoms with Crippen molar-refractivity contribution in [3.8, 4) is 0 Å². The van der Waals surface area contributed by atoms with Crippen molar-refractivity contribution in [2.75, 3.05) is 18.2 Å². The van der Waals surface area contributed by atoms with Crippen LogP contribution in [0.5, 0.6) is 0 Å². The second kappa shape index (κ2) is 6.41. The predicted molar refractivity (Wildman–Crippen MR) is 77.2 cm³/mol. The van der Waals surface area contributed by atoms with Crippen LogP contribution in [0.3, 0.4) is 0 Å². The summed E-state index contributed by atoms with van der Waals surface area (Å²) in [5, 5.41) is 3.39. The van der Waals surface area contributed by atoms with Gasteiger partial charge in [0.1, 0.15) is 5.82 Å². The van der Waals surface area contributed by atoms with Crippen molar-refractivity contribution in [1.29, 1.82) is 0 Å². The molecule has 0 aliphatic heterocycles. The number of nitrogen functional groups attached to an aromatic ring is 1. The van der Waals surface area contributed by atoms with E-state index in [2.05, 4.69) is 31.1 Å². The van der Waals surface area contributed by atoms with Gasteiger partial charge in [-0.2, -0.15) is 0 Å². The van der Waals surface area contributed by atoms with Crippen LogP contribution < -0.4 is 11.1 Å². The molecule has 0 saturated heterocycles. The highest BCUT2D eigenvalue weighted by molar-refractivity contribution is 5.97. The third kappa shape index (κ3) is 3.16. The summed E-state index contributed by atoms with van der Waals surface area (Å²) in [4.78, 5) is 15.8. The summed E-state index contributed by atoms with van der Waals surface area (Å²) in [5.74, 6) is 0.103. The number of aromatic nitrogens is 1. The van der Waals surface area contributed by atoms with Gasteiger partial charge in [0.25, 0.3) is 0 Å². The van der Waals surface area contributed by atoms with E-state index in [9.17, 15) is 4.79 Å². The molecule has 106 valence electrons. The van der Waals surface area contributed by atoms with Crippen LogP contribution in [0.25, 0.3) is 0 Å². The molecule has 0 atom stereocenters. The summed E-state index contributed by atoms with van der Waals surface area (Å²) in [5.41, 5.74) is 6.65. The number of hydrogen-bond acceptors (Lipinski definition) is 5. The van der Waals surface area contributed by atoms with E-state index in [4.69, 9.17) is 10.5 Å². The van der Waals surface area contributed by atoms with Crippen molar-refractivity contribution >= 4 is 17.5 Å². The molecule has 0 unspecified atom stereocenters. The van der Waals surface area contributed by atoms with Crippen molar-refractivity contribution in [3.05, 3.63) is 17.8 Å². The Morgan fingerprint density at radius 2 is 1.95 bits per heavy atom. The molecular formula is C14H23N3O2. The first kappa shape index (κ1) is 15.3. The van der Waals surface area contributed by atoms with E-state index in [0.717, 1.165) is 19.3 Å². The van der Waals surface area contributed by atoms with Gasteiger partial charge in [0.05, 0.1) is 18.4 Å². The zero-order valence-electron chi connectivity index (χ0n) is 12.1. The van der Waals surface area contributed by atoms with E-state index in [1.54, 1.807) is 12.3 Å². The van der Waals surface area contributed by atoms with Gasteiger partial charge in [-0.25, -0.2) is 9.78 Å². The largest absolute Gasteiger partial charge is 0.465 e. The molecule has 0 radical (unpaired) electrons. The molecule has 0 bridgehead atoms.